The van der Waals surface area contributed by atoms with Gasteiger partial charge in [-0.25, -0.2) is 0 Å². The van der Waals surface area contributed by atoms with Crippen molar-refractivity contribution in [2.75, 3.05) is 6.61 Å². The second-order valence-electron chi connectivity index (χ2n) is 8.44. The number of hydrogen-bond donors (Lipinski definition) is 2. The first kappa shape index (κ1) is 23.2. The third-order valence-electron chi connectivity index (χ3n) is 5.86. The Kier molecular flexibility index (Phi) is 6.45. The smallest absolute Gasteiger partial charge is 0.296 e. The summed E-state index contributed by atoms with van der Waals surface area (Å²) in [6, 6.07) is 14.0. The van der Waals surface area contributed by atoms with Gasteiger partial charge < -0.3 is 24.3 Å². The summed E-state index contributed by atoms with van der Waals surface area (Å²) in [6.07, 6.45) is 1.49. The van der Waals surface area contributed by atoms with Gasteiger partial charge in [0, 0.05) is 5.56 Å². The number of likely N-dealkylation sites (tertiary alicyclic amines) is 1. The summed E-state index contributed by atoms with van der Waals surface area (Å²) in [5.74, 6) is -0.379. The number of aromatic hydroxyl groups is 1. The molecule has 7 heteroatoms. The monoisotopic (exact) mass is 461 g/mol. The molecule has 1 atom stereocenters. The van der Waals surface area contributed by atoms with Crippen molar-refractivity contribution in [3.8, 4) is 11.5 Å². The van der Waals surface area contributed by atoms with Gasteiger partial charge in [-0.2, -0.15) is 0 Å². The van der Waals surface area contributed by atoms with Crippen LogP contribution in [0.25, 0.3) is 5.76 Å². The molecule has 1 saturated heterocycles. The number of rotatable bonds is 7. The van der Waals surface area contributed by atoms with Crippen molar-refractivity contribution in [3.05, 3.63) is 88.9 Å². The van der Waals surface area contributed by atoms with E-state index < -0.39 is 17.7 Å². The van der Waals surface area contributed by atoms with Crippen LogP contribution in [0.3, 0.4) is 0 Å². The maximum absolute atomic E-state index is 13.2. The summed E-state index contributed by atoms with van der Waals surface area (Å²) in [4.78, 5) is 27.6. The van der Waals surface area contributed by atoms with Crippen LogP contribution >= 0.6 is 0 Å². The first-order valence-electron chi connectivity index (χ1n) is 11.2. The lowest BCUT2D eigenvalue weighted by molar-refractivity contribution is -0.140. The molecule has 2 N–H and O–H groups in total. The Morgan fingerprint density at radius 1 is 1.12 bits per heavy atom. The van der Waals surface area contributed by atoms with Gasteiger partial charge in [0.05, 0.1) is 31.0 Å². The quantitative estimate of drug-likeness (QED) is 0.287. The predicted octanol–water partition coefficient (Wildman–Crippen LogP) is 5.13. The lowest BCUT2D eigenvalue weighted by Crippen LogP contribution is -2.29. The molecule has 0 bridgehead atoms. The van der Waals surface area contributed by atoms with E-state index in [2.05, 4.69) is 0 Å². The Hall–Kier alpha value is -4.00. The summed E-state index contributed by atoms with van der Waals surface area (Å²) < 4.78 is 11.1. The minimum absolute atomic E-state index is 0.0129. The molecule has 2 heterocycles. The van der Waals surface area contributed by atoms with Crippen LogP contribution in [0, 0.1) is 0 Å². The molecule has 2 aromatic carbocycles. The third kappa shape index (κ3) is 4.29. The number of ketones is 1. The van der Waals surface area contributed by atoms with E-state index in [0.717, 1.165) is 5.56 Å². The molecule has 1 aliphatic rings. The highest BCUT2D eigenvalue weighted by atomic mass is 16.5. The summed E-state index contributed by atoms with van der Waals surface area (Å²) in [7, 11) is 0. The number of aliphatic hydroxyl groups is 1. The molecule has 1 aliphatic heterocycles. The van der Waals surface area contributed by atoms with Gasteiger partial charge in [0.25, 0.3) is 11.7 Å². The van der Waals surface area contributed by atoms with Crippen molar-refractivity contribution < 1.29 is 29.0 Å². The molecule has 1 aromatic heterocycles. The van der Waals surface area contributed by atoms with E-state index in [9.17, 15) is 19.8 Å². The van der Waals surface area contributed by atoms with Crippen LogP contribution in [0.1, 0.15) is 55.2 Å². The highest BCUT2D eigenvalue weighted by Gasteiger charge is 2.46. The van der Waals surface area contributed by atoms with Crippen molar-refractivity contribution in [2.24, 2.45) is 0 Å². The van der Waals surface area contributed by atoms with E-state index in [-0.39, 0.29) is 29.5 Å². The lowest BCUT2D eigenvalue weighted by Gasteiger charge is -2.24. The maximum Gasteiger partial charge on any atom is 0.296 e. The number of Topliss-reactive ketones (excluding diaryl/α,β-unsaturated/α-hetero) is 1. The van der Waals surface area contributed by atoms with Crippen molar-refractivity contribution in [1.29, 1.82) is 0 Å². The van der Waals surface area contributed by atoms with E-state index in [0.29, 0.717) is 29.2 Å². The molecule has 0 spiro atoms. The van der Waals surface area contributed by atoms with Crippen molar-refractivity contribution in [2.45, 2.75) is 39.3 Å². The highest BCUT2D eigenvalue weighted by Crippen LogP contribution is 2.41. The number of hydrogen-bond acceptors (Lipinski definition) is 6. The number of nitrogens with zero attached hydrogens (tertiary/aromatic N) is 1. The van der Waals surface area contributed by atoms with E-state index in [1.807, 2.05) is 20.8 Å². The first-order chi connectivity index (χ1) is 16.3. The summed E-state index contributed by atoms with van der Waals surface area (Å²) >= 11 is 0. The minimum Gasteiger partial charge on any atom is -0.508 e. The fourth-order valence-corrected chi connectivity index (χ4v) is 4.21. The van der Waals surface area contributed by atoms with Crippen LogP contribution in [-0.2, 0) is 16.1 Å². The van der Waals surface area contributed by atoms with E-state index in [4.69, 9.17) is 9.15 Å². The average molecular weight is 462 g/mol. The molecule has 1 amide bonds. The molecule has 7 nitrogen and oxygen atoms in total. The Morgan fingerprint density at radius 3 is 2.47 bits per heavy atom. The standard InChI is InChI=1S/C27H27NO6/c1-4-33-22-12-9-18(14-21(22)16(2)3)25(30)23-24(17-7-10-19(29)11-8-17)28(27(32)26(23)31)15-20-6-5-13-34-20/h5-14,16,24,29-30H,4,15H2,1-3H3/b25-23-. The average Bonchev–Trinajstić information content (AvgIpc) is 3.42. The number of phenols is 1. The van der Waals surface area contributed by atoms with E-state index in [1.54, 1.807) is 42.5 Å². The van der Waals surface area contributed by atoms with Gasteiger partial charge in [-0.15, -0.1) is 0 Å². The van der Waals surface area contributed by atoms with Gasteiger partial charge in [0.15, 0.2) is 0 Å². The topological polar surface area (TPSA) is 100 Å². The molecular formula is C27H27NO6. The molecule has 1 fully saturated rings. The van der Waals surface area contributed by atoms with Crippen LogP contribution in [0.15, 0.2) is 70.9 Å². The number of benzene rings is 2. The van der Waals surface area contributed by atoms with Gasteiger partial charge in [-0.05, 0) is 66.4 Å². The molecule has 0 saturated carbocycles. The highest BCUT2D eigenvalue weighted by molar-refractivity contribution is 6.46. The predicted molar refractivity (Wildman–Crippen MR) is 126 cm³/mol. The SMILES string of the molecule is CCOc1ccc(/C(O)=C2/C(=O)C(=O)N(Cc3ccco3)C2c2ccc(O)cc2)cc1C(C)C. The number of amides is 1. The fourth-order valence-electron chi connectivity index (χ4n) is 4.21. The van der Waals surface area contributed by atoms with Gasteiger partial charge in [0.1, 0.15) is 23.0 Å². The molecule has 3 aromatic rings. The normalized spacial score (nSPS) is 17.5. The second kappa shape index (κ2) is 9.47. The Labute approximate surface area is 197 Å². The third-order valence-corrected chi connectivity index (χ3v) is 5.86. The summed E-state index contributed by atoms with van der Waals surface area (Å²) in [6.45, 7) is 6.49. The molecular weight excluding hydrogens is 434 g/mol. The van der Waals surface area contributed by atoms with Gasteiger partial charge in [-0.3, -0.25) is 9.59 Å². The maximum atomic E-state index is 13.2. The minimum atomic E-state index is -0.847. The lowest BCUT2D eigenvalue weighted by atomic mass is 9.93. The molecule has 1 unspecified atom stereocenters. The Balaban J connectivity index is 1.86. The number of ether oxygens (including phenoxy) is 1. The number of carbonyl (C=O) groups excluding carboxylic acids is 2. The van der Waals surface area contributed by atoms with Crippen LogP contribution in [-0.4, -0.2) is 33.4 Å². The molecule has 4 rings (SSSR count). The largest absolute Gasteiger partial charge is 0.508 e. The molecule has 0 radical (unpaired) electrons. The number of furan rings is 1. The molecule has 176 valence electrons. The van der Waals surface area contributed by atoms with Crippen LogP contribution in [0.2, 0.25) is 0 Å². The van der Waals surface area contributed by atoms with Gasteiger partial charge in [0.2, 0.25) is 0 Å². The van der Waals surface area contributed by atoms with Crippen molar-refractivity contribution in [3.63, 3.8) is 0 Å². The van der Waals surface area contributed by atoms with Crippen LogP contribution in [0.4, 0.5) is 0 Å². The van der Waals surface area contributed by atoms with E-state index in [1.165, 1.54) is 23.3 Å². The zero-order chi connectivity index (χ0) is 24.4. The Morgan fingerprint density at radius 2 is 1.85 bits per heavy atom. The van der Waals surface area contributed by atoms with E-state index >= 15 is 0 Å². The van der Waals surface area contributed by atoms with Crippen LogP contribution in [0.5, 0.6) is 11.5 Å². The summed E-state index contributed by atoms with van der Waals surface area (Å²) in [5, 5.41) is 21.1. The molecule has 0 aliphatic carbocycles. The number of phenolic OH excluding ortho intramolecular Hbond substituents is 1. The number of carbonyl (C=O) groups is 2. The van der Waals surface area contributed by atoms with Gasteiger partial charge in [-0.1, -0.05) is 26.0 Å². The van der Waals surface area contributed by atoms with Crippen LogP contribution < -0.4 is 4.74 Å². The first-order valence-corrected chi connectivity index (χ1v) is 11.2. The van der Waals surface area contributed by atoms with Crippen molar-refractivity contribution in [1.82, 2.24) is 4.90 Å². The fraction of sp³-hybridized carbons (Fsp3) is 0.259. The second-order valence-corrected chi connectivity index (χ2v) is 8.44. The number of aliphatic hydroxyl groups excluding tert-OH is 1. The zero-order valence-corrected chi connectivity index (χ0v) is 19.3. The zero-order valence-electron chi connectivity index (χ0n) is 19.3. The Bertz CT molecular complexity index is 1220. The van der Waals surface area contributed by atoms with Gasteiger partial charge >= 0.3 is 0 Å². The summed E-state index contributed by atoms with van der Waals surface area (Å²) in [5.41, 5.74) is 1.88. The van der Waals surface area contributed by atoms with Crippen molar-refractivity contribution >= 4 is 17.4 Å². The molecule has 34 heavy (non-hydrogen) atoms.